The molecule has 1 aromatic heterocycles. The number of fused-ring (bicyclic) bond motifs is 1. The van der Waals surface area contributed by atoms with Gasteiger partial charge in [-0.1, -0.05) is 12.1 Å². The topological polar surface area (TPSA) is 42.2 Å². The number of carbonyl (C=O) groups is 1. The summed E-state index contributed by atoms with van der Waals surface area (Å²) in [5.41, 5.74) is 1.88. The molecule has 0 fully saturated rings. The molecule has 0 saturated heterocycles. The van der Waals surface area contributed by atoms with Crippen LogP contribution in [0.3, 0.4) is 0 Å². The number of Topliss-reactive ketones (excluding diaryl/α,β-unsaturated/α-hetero) is 1. The normalized spacial score (nSPS) is 10.9. The van der Waals surface area contributed by atoms with Gasteiger partial charge in [0.1, 0.15) is 17.1 Å². The highest BCUT2D eigenvalue weighted by atomic mass is 16.3. The van der Waals surface area contributed by atoms with Crippen LogP contribution in [0.4, 0.5) is 0 Å². The van der Waals surface area contributed by atoms with E-state index in [1.807, 2.05) is 25.2 Å². The molecule has 0 aliphatic heterocycles. The van der Waals surface area contributed by atoms with Gasteiger partial charge in [0.15, 0.2) is 0 Å². The first-order valence-corrected chi connectivity index (χ1v) is 5.84. The number of ketones is 1. The number of benzene rings is 1. The van der Waals surface area contributed by atoms with Crippen LogP contribution in [0, 0.1) is 0 Å². The van der Waals surface area contributed by atoms with Gasteiger partial charge in [-0.2, -0.15) is 0 Å². The maximum Gasteiger partial charge on any atom is 0.134 e. The number of nitrogens with one attached hydrogen (secondary N) is 1. The lowest BCUT2D eigenvalue weighted by atomic mass is 10.1. The molecular formula is C14H17NO2. The first kappa shape index (κ1) is 11.9. The van der Waals surface area contributed by atoms with Crippen LogP contribution < -0.4 is 5.32 Å². The fourth-order valence-electron chi connectivity index (χ4n) is 1.90. The SMILES string of the molecule is CNCCc1cc2ccc(CC(C)=O)cc2o1. The Morgan fingerprint density at radius 3 is 2.88 bits per heavy atom. The van der Waals surface area contributed by atoms with Crippen LogP contribution in [0.25, 0.3) is 11.0 Å². The van der Waals surface area contributed by atoms with Crippen LogP contribution in [0.2, 0.25) is 0 Å². The Labute approximate surface area is 101 Å². The summed E-state index contributed by atoms with van der Waals surface area (Å²) >= 11 is 0. The minimum atomic E-state index is 0.173. The van der Waals surface area contributed by atoms with Gasteiger partial charge in [0.25, 0.3) is 0 Å². The summed E-state index contributed by atoms with van der Waals surface area (Å²) in [5, 5.41) is 4.19. The lowest BCUT2D eigenvalue weighted by molar-refractivity contribution is -0.116. The molecule has 3 heteroatoms. The molecule has 17 heavy (non-hydrogen) atoms. The molecule has 1 N–H and O–H groups in total. The molecule has 0 amide bonds. The van der Waals surface area contributed by atoms with Crippen LogP contribution >= 0.6 is 0 Å². The van der Waals surface area contributed by atoms with E-state index in [0.29, 0.717) is 6.42 Å². The number of hydrogen-bond acceptors (Lipinski definition) is 3. The summed E-state index contributed by atoms with van der Waals surface area (Å²) in [6.45, 7) is 2.50. The van der Waals surface area contributed by atoms with Crippen molar-refractivity contribution in [2.45, 2.75) is 19.8 Å². The van der Waals surface area contributed by atoms with Crippen molar-refractivity contribution in [1.82, 2.24) is 5.32 Å². The largest absolute Gasteiger partial charge is 0.461 e. The van der Waals surface area contributed by atoms with Gasteiger partial charge in [-0.25, -0.2) is 0 Å². The van der Waals surface area contributed by atoms with Gasteiger partial charge in [0.05, 0.1) is 0 Å². The highest BCUT2D eigenvalue weighted by Crippen LogP contribution is 2.21. The van der Waals surface area contributed by atoms with Crippen molar-refractivity contribution in [3.05, 3.63) is 35.6 Å². The van der Waals surface area contributed by atoms with E-state index in [1.165, 1.54) is 0 Å². The van der Waals surface area contributed by atoms with Gasteiger partial charge < -0.3 is 9.73 Å². The van der Waals surface area contributed by atoms with Crippen LogP contribution in [0.1, 0.15) is 18.2 Å². The molecule has 3 nitrogen and oxygen atoms in total. The Morgan fingerprint density at radius 2 is 2.18 bits per heavy atom. The molecule has 0 aliphatic rings. The minimum Gasteiger partial charge on any atom is -0.461 e. The second-order valence-electron chi connectivity index (χ2n) is 4.32. The number of hydrogen-bond donors (Lipinski definition) is 1. The quantitative estimate of drug-likeness (QED) is 0.858. The Hall–Kier alpha value is -1.61. The van der Waals surface area contributed by atoms with Crippen LogP contribution in [0.15, 0.2) is 28.7 Å². The summed E-state index contributed by atoms with van der Waals surface area (Å²) in [6, 6.07) is 8.02. The molecule has 2 rings (SSSR count). The van der Waals surface area contributed by atoms with Crippen molar-refractivity contribution in [3.8, 4) is 0 Å². The van der Waals surface area contributed by atoms with Gasteiger partial charge in [-0.05, 0) is 31.7 Å². The molecule has 0 unspecified atom stereocenters. The smallest absolute Gasteiger partial charge is 0.134 e. The van der Waals surface area contributed by atoms with Crippen LogP contribution in [-0.4, -0.2) is 19.4 Å². The van der Waals surface area contributed by atoms with E-state index < -0.39 is 0 Å². The fourth-order valence-corrected chi connectivity index (χ4v) is 1.90. The zero-order valence-electron chi connectivity index (χ0n) is 10.2. The van der Waals surface area contributed by atoms with Crippen molar-refractivity contribution >= 4 is 16.8 Å². The molecule has 1 aromatic carbocycles. The molecule has 0 spiro atoms. The highest BCUT2D eigenvalue weighted by molar-refractivity contribution is 5.82. The van der Waals surface area contributed by atoms with Gasteiger partial charge >= 0.3 is 0 Å². The third-order valence-corrected chi connectivity index (χ3v) is 2.71. The zero-order valence-corrected chi connectivity index (χ0v) is 10.2. The standard InChI is InChI=1S/C14H17NO2/c1-10(16)7-11-3-4-12-9-13(5-6-15-2)17-14(12)8-11/h3-4,8-9,15H,5-7H2,1-2H3. The lowest BCUT2D eigenvalue weighted by Crippen LogP contribution is -2.09. The highest BCUT2D eigenvalue weighted by Gasteiger charge is 2.05. The molecule has 0 radical (unpaired) electrons. The van der Waals surface area contributed by atoms with Gasteiger partial charge in [0.2, 0.25) is 0 Å². The molecule has 2 aromatic rings. The van der Waals surface area contributed by atoms with Crippen LogP contribution in [-0.2, 0) is 17.6 Å². The first-order valence-electron chi connectivity index (χ1n) is 5.84. The van der Waals surface area contributed by atoms with Crippen molar-refractivity contribution in [1.29, 1.82) is 0 Å². The predicted molar refractivity (Wildman–Crippen MR) is 68.2 cm³/mol. The second-order valence-corrected chi connectivity index (χ2v) is 4.32. The predicted octanol–water partition coefficient (Wildman–Crippen LogP) is 2.33. The molecule has 1 heterocycles. The fraction of sp³-hybridized carbons (Fsp3) is 0.357. The average Bonchev–Trinajstić information content (AvgIpc) is 2.67. The Bertz CT molecular complexity index is 528. The Balaban J connectivity index is 2.24. The average molecular weight is 231 g/mol. The second kappa shape index (κ2) is 5.15. The lowest BCUT2D eigenvalue weighted by Gasteiger charge is -1.96. The van der Waals surface area contributed by atoms with E-state index in [4.69, 9.17) is 4.42 Å². The van der Waals surface area contributed by atoms with E-state index in [1.54, 1.807) is 6.92 Å². The number of furan rings is 1. The molecule has 0 aliphatic carbocycles. The van der Waals surface area contributed by atoms with Gasteiger partial charge in [-0.15, -0.1) is 0 Å². The van der Waals surface area contributed by atoms with E-state index in [-0.39, 0.29) is 5.78 Å². The molecular weight excluding hydrogens is 214 g/mol. The van der Waals surface area contributed by atoms with E-state index in [0.717, 1.165) is 35.3 Å². The number of carbonyl (C=O) groups excluding carboxylic acids is 1. The van der Waals surface area contributed by atoms with Crippen molar-refractivity contribution < 1.29 is 9.21 Å². The van der Waals surface area contributed by atoms with Gasteiger partial charge in [-0.3, -0.25) is 4.79 Å². The Morgan fingerprint density at radius 1 is 1.35 bits per heavy atom. The summed E-state index contributed by atoms with van der Waals surface area (Å²) < 4.78 is 5.74. The van der Waals surface area contributed by atoms with E-state index >= 15 is 0 Å². The first-order chi connectivity index (χ1) is 8.19. The van der Waals surface area contributed by atoms with Crippen LogP contribution in [0.5, 0.6) is 0 Å². The Kier molecular flexibility index (Phi) is 3.59. The van der Waals surface area contributed by atoms with E-state index in [9.17, 15) is 4.79 Å². The van der Waals surface area contributed by atoms with Crippen molar-refractivity contribution in [2.24, 2.45) is 0 Å². The minimum absolute atomic E-state index is 0.173. The molecule has 0 saturated carbocycles. The maximum atomic E-state index is 11.1. The molecule has 0 bridgehead atoms. The van der Waals surface area contributed by atoms with Crippen molar-refractivity contribution in [2.75, 3.05) is 13.6 Å². The molecule has 0 atom stereocenters. The summed E-state index contributed by atoms with van der Waals surface area (Å²) in [6.07, 6.45) is 1.36. The van der Waals surface area contributed by atoms with Crippen molar-refractivity contribution in [3.63, 3.8) is 0 Å². The number of likely N-dealkylation sites (N-methyl/N-ethyl adjacent to an activating group) is 1. The number of rotatable bonds is 5. The zero-order chi connectivity index (χ0) is 12.3. The monoisotopic (exact) mass is 231 g/mol. The third-order valence-electron chi connectivity index (χ3n) is 2.71. The molecule has 90 valence electrons. The summed E-state index contributed by atoms with van der Waals surface area (Å²) in [7, 11) is 1.92. The third kappa shape index (κ3) is 2.94. The summed E-state index contributed by atoms with van der Waals surface area (Å²) in [4.78, 5) is 11.1. The maximum absolute atomic E-state index is 11.1. The van der Waals surface area contributed by atoms with E-state index in [2.05, 4.69) is 11.4 Å². The summed E-state index contributed by atoms with van der Waals surface area (Å²) in [5.74, 6) is 1.15. The van der Waals surface area contributed by atoms with Gasteiger partial charge in [0, 0.05) is 24.8 Å².